The molecule has 1 unspecified atom stereocenters. The fraction of sp³-hybridized carbons (Fsp3) is 0.696. The minimum Gasteiger partial charge on any atom is -0.466 e. The third kappa shape index (κ3) is 28.6. The maximum atomic E-state index is 12.7. The first kappa shape index (κ1) is 53.2. The minimum atomic E-state index is -4.42. The highest BCUT2D eigenvalue weighted by Gasteiger charge is 2.27. The van der Waals surface area contributed by atoms with Crippen molar-refractivity contribution in [2.75, 3.05) is 47.5 Å². The number of rotatable bonds is 35. The van der Waals surface area contributed by atoms with Gasteiger partial charge in [-0.3, -0.25) is 18.6 Å². The number of esters is 2. The van der Waals surface area contributed by atoms with Crippen molar-refractivity contribution in [1.29, 1.82) is 0 Å². The monoisotopic (exact) mass is 837 g/mol. The average molecular weight is 837 g/mol. The SMILES string of the molecule is CCCCC/C=C\C=C/[C@@H](O)C/C=C\C/C=C/CCCC(=O)OC[C@H](COP(=O)(O)OCC[N+](C)(C)C)OC(=O)CCCCCCCCc1oc(CCC)c(C)c1C. The van der Waals surface area contributed by atoms with Crippen LogP contribution in [0.15, 0.2) is 53.0 Å². The van der Waals surface area contributed by atoms with Crippen LogP contribution in [-0.2, 0) is 45.5 Å². The number of carbonyl (C=O) groups is 2. The lowest BCUT2D eigenvalue weighted by atomic mass is 10.0. The van der Waals surface area contributed by atoms with Crippen LogP contribution in [0, 0.1) is 13.8 Å². The van der Waals surface area contributed by atoms with E-state index in [-0.39, 0.29) is 26.1 Å². The largest absolute Gasteiger partial charge is 0.472 e. The van der Waals surface area contributed by atoms with Gasteiger partial charge in [-0.15, -0.1) is 0 Å². The molecule has 0 saturated carbocycles. The Kier molecular flexibility index (Phi) is 29.4. The molecule has 1 aromatic heterocycles. The summed E-state index contributed by atoms with van der Waals surface area (Å²) in [5, 5.41) is 10.1. The number of allylic oxidation sites excluding steroid dienone is 6. The molecule has 0 fully saturated rings. The summed E-state index contributed by atoms with van der Waals surface area (Å²) in [6, 6.07) is 0. The first-order valence-corrected chi connectivity index (χ1v) is 23.3. The van der Waals surface area contributed by atoms with Crippen molar-refractivity contribution in [3.63, 3.8) is 0 Å². The second kappa shape index (κ2) is 32.0. The molecule has 1 heterocycles. The highest BCUT2D eigenvalue weighted by atomic mass is 31.2. The molecule has 0 radical (unpaired) electrons. The van der Waals surface area contributed by atoms with Gasteiger partial charge in [-0.05, 0) is 82.8 Å². The van der Waals surface area contributed by atoms with Crippen LogP contribution in [0.25, 0.3) is 0 Å². The molecule has 0 aromatic carbocycles. The molecule has 1 aromatic rings. The molecule has 0 aliphatic carbocycles. The number of likely N-dealkylation sites (N-methyl/N-ethyl adjacent to an activating group) is 1. The maximum Gasteiger partial charge on any atom is 0.472 e. The Labute approximate surface area is 351 Å². The minimum absolute atomic E-state index is 0.00157. The molecule has 0 aliphatic heterocycles. The van der Waals surface area contributed by atoms with Crippen molar-refractivity contribution in [1.82, 2.24) is 0 Å². The van der Waals surface area contributed by atoms with Gasteiger partial charge in [-0.2, -0.15) is 0 Å². The number of carbonyl (C=O) groups excluding carboxylic acids is 2. The van der Waals surface area contributed by atoms with E-state index in [1.807, 2.05) is 57.6 Å². The van der Waals surface area contributed by atoms with Crippen LogP contribution in [0.5, 0.6) is 0 Å². The Morgan fingerprint density at radius 3 is 2.10 bits per heavy atom. The lowest BCUT2D eigenvalue weighted by molar-refractivity contribution is -0.870. The van der Waals surface area contributed by atoms with E-state index >= 15 is 0 Å². The predicted octanol–water partition coefficient (Wildman–Crippen LogP) is 10.5. The van der Waals surface area contributed by atoms with Crippen LogP contribution in [0.4, 0.5) is 0 Å². The second-order valence-corrected chi connectivity index (χ2v) is 17.6. The topological polar surface area (TPSA) is 142 Å². The van der Waals surface area contributed by atoms with E-state index in [0.717, 1.165) is 75.7 Å². The Morgan fingerprint density at radius 1 is 0.741 bits per heavy atom. The normalized spacial score (nSPS) is 14.6. The Morgan fingerprint density at radius 2 is 1.40 bits per heavy atom. The van der Waals surface area contributed by atoms with Crippen molar-refractivity contribution in [3.8, 4) is 0 Å². The van der Waals surface area contributed by atoms with Gasteiger partial charge in [0, 0.05) is 25.7 Å². The molecule has 1 rings (SSSR count). The summed E-state index contributed by atoms with van der Waals surface area (Å²) >= 11 is 0. The van der Waals surface area contributed by atoms with Crippen LogP contribution in [-0.4, -0.2) is 86.1 Å². The highest BCUT2D eigenvalue weighted by molar-refractivity contribution is 7.47. The number of quaternary nitrogens is 1. The highest BCUT2D eigenvalue weighted by Crippen LogP contribution is 2.43. The number of phosphoric ester groups is 1. The molecule has 0 amide bonds. The third-order valence-electron chi connectivity index (χ3n) is 9.62. The van der Waals surface area contributed by atoms with Gasteiger partial charge in [0.25, 0.3) is 0 Å². The van der Waals surface area contributed by atoms with Crippen molar-refractivity contribution >= 4 is 19.8 Å². The molecule has 2 N–H and O–H groups in total. The number of ether oxygens (including phenoxy) is 2. The zero-order chi connectivity index (χ0) is 43.1. The average Bonchev–Trinajstić information content (AvgIpc) is 3.43. The van der Waals surface area contributed by atoms with Gasteiger partial charge >= 0.3 is 19.8 Å². The van der Waals surface area contributed by atoms with E-state index in [1.54, 1.807) is 6.08 Å². The van der Waals surface area contributed by atoms with Gasteiger partial charge in [0.05, 0.1) is 33.9 Å². The number of furan rings is 1. The molecule has 0 saturated heterocycles. The molecule has 0 spiro atoms. The van der Waals surface area contributed by atoms with E-state index in [4.69, 9.17) is 22.9 Å². The molecular weight excluding hydrogens is 757 g/mol. The fourth-order valence-corrected chi connectivity index (χ4v) is 6.64. The lowest BCUT2D eigenvalue weighted by Gasteiger charge is -2.24. The van der Waals surface area contributed by atoms with Crippen molar-refractivity contribution in [2.24, 2.45) is 0 Å². The predicted molar refractivity (Wildman–Crippen MR) is 233 cm³/mol. The standard InChI is InChI=1S/C46H78NO10P/c1-8-10-11-12-14-19-24-30-41(48)31-25-20-15-13-16-22-27-33-45(49)53-37-42(38-55-58(51,52)54-36-35-47(5,6)7)56-46(50)34-28-23-18-17-21-26-32-44-40(4)39(3)43(57-44)29-9-2/h13-14,16,19-20,24-25,30,41-42,48H,8-12,15,17-18,21-23,26-29,31-38H2,1-7H3/p+1/b16-13+,19-14-,25-20-,30-24-/t41-,42-/m1/s1. The van der Waals surface area contributed by atoms with Crippen LogP contribution in [0.2, 0.25) is 0 Å². The number of hydrogen-bond acceptors (Lipinski definition) is 9. The van der Waals surface area contributed by atoms with Crippen LogP contribution < -0.4 is 0 Å². The van der Waals surface area contributed by atoms with E-state index in [2.05, 4.69) is 33.8 Å². The first-order valence-electron chi connectivity index (χ1n) is 21.8. The fourth-order valence-electron chi connectivity index (χ4n) is 5.90. The van der Waals surface area contributed by atoms with Crippen LogP contribution in [0.1, 0.15) is 146 Å². The van der Waals surface area contributed by atoms with Crippen molar-refractivity contribution < 1.29 is 51.6 Å². The summed E-state index contributed by atoms with van der Waals surface area (Å²) in [7, 11) is 1.37. The summed E-state index contributed by atoms with van der Waals surface area (Å²) in [6.45, 7) is 8.37. The number of aryl methyl sites for hydroxylation is 2. The Hall–Kier alpha value is -2.79. The molecule has 58 heavy (non-hydrogen) atoms. The molecule has 0 aliphatic rings. The third-order valence-corrected chi connectivity index (χ3v) is 10.6. The maximum absolute atomic E-state index is 12.7. The quantitative estimate of drug-likeness (QED) is 0.0169. The Bertz CT molecular complexity index is 1420. The van der Waals surface area contributed by atoms with Crippen LogP contribution in [0.3, 0.4) is 0 Å². The summed E-state index contributed by atoms with van der Waals surface area (Å²) in [4.78, 5) is 35.5. The van der Waals surface area contributed by atoms with E-state index in [1.165, 1.54) is 30.4 Å². The zero-order valence-corrected chi connectivity index (χ0v) is 38.0. The first-order chi connectivity index (χ1) is 27.7. The van der Waals surface area contributed by atoms with Gasteiger partial charge in [0.15, 0.2) is 6.10 Å². The van der Waals surface area contributed by atoms with Gasteiger partial charge in [-0.25, -0.2) is 4.57 Å². The van der Waals surface area contributed by atoms with Crippen molar-refractivity contribution in [3.05, 3.63) is 71.3 Å². The number of aliphatic hydroxyl groups is 1. The van der Waals surface area contributed by atoms with Gasteiger partial charge < -0.3 is 28.4 Å². The smallest absolute Gasteiger partial charge is 0.466 e. The summed E-state index contributed by atoms with van der Waals surface area (Å²) < 4.78 is 40.3. The number of aliphatic hydroxyl groups excluding tert-OH is 1. The van der Waals surface area contributed by atoms with E-state index in [9.17, 15) is 24.2 Å². The molecule has 332 valence electrons. The number of nitrogens with zero attached hydrogens (tertiary/aromatic N) is 1. The van der Waals surface area contributed by atoms with Gasteiger partial charge in [0.1, 0.15) is 31.3 Å². The van der Waals surface area contributed by atoms with E-state index in [0.29, 0.717) is 36.7 Å². The molecule has 11 nitrogen and oxygen atoms in total. The van der Waals surface area contributed by atoms with E-state index < -0.39 is 38.6 Å². The number of phosphoric acid groups is 1. The lowest BCUT2D eigenvalue weighted by Crippen LogP contribution is -2.37. The molecular formula is C46H79NO10P+. The second-order valence-electron chi connectivity index (χ2n) is 16.2. The molecule has 0 bridgehead atoms. The van der Waals surface area contributed by atoms with Crippen molar-refractivity contribution in [2.45, 2.75) is 162 Å². The summed E-state index contributed by atoms with van der Waals surface area (Å²) in [5.74, 6) is 1.27. The van der Waals surface area contributed by atoms with Gasteiger partial charge in [0.2, 0.25) is 0 Å². The van der Waals surface area contributed by atoms with Crippen LogP contribution >= 0.6 is 7.82 Å². The summed E-state index contributed by atoms with van der Waals surface area (Å²) in [5.41, 5.74) is 2.56. The molecule has 12 heteroatoms. The summed E-state index contributed by atoms with van der Waals surface area (Å²) in [6.07, 6.45) is 30.5. The number of unbranched alkanes of at least 4 members (excludes halogenated alkanes) is 9. The zero-order valence-electron chi connectivity index (χ0n) is 37.1. The number of hydrogen-bond donors (Lipinski definition) is 2. The Balaban J connectivity index is 2.44. The molecule has 3 atom stereocenters. The van der Waals surface area contributed by atoms with Gasteiger partial charge in [-0.1, -0.05) is 101 Å².